The van der Waals surface area contributed by atoms with Gasteiger partial charge < -0.3 is 14.2 Å². The highest BCUT2D eigenvalue weighted by atomic mass is 16.5. The number of hydrogen-bond donors (Lipinski definition) is 0. The minimum Gasteiger partial charge on any atom is -0.481 e. The van der Waals surface area contributed by atoms with E-state index in [1.807, 2.05) is 45.9 Å². The summed E-state index contributed by atoms with van der Waals surface area (Å²) >= 11 is 0. The summed E-state index contributed by atoms with van der Waals surface area (Å²) < 4.78 is 8.02. The molecule has 35 heavy (non-hydrogen) atoms. The van der Waals surface area contributed by atoms with E-state index in [0.717, 1.165) is 31.2 Å². The summed E-state index contributed by atoms with van der Waals surface area (Å²) in [5.74, 6) is 0.711. The van der Waals surface area contributed by atoms with Gasteiger partial charge in [-0.15, -0.1) is 0 Å². The minimum atomic E-state index is -0.436. The molecule has 2 aromatic carbocycles. The molecule has 1 amide bonds. The molecule has 0 unspecified atom stereocenters. The predicted octanol–water partition coefficient (Wildman–Crippen LogP) is 4.50. The fourth-order valence-corrected chi connectivity index (χ4v) is 5.92. The maximum Gasteiger partial charge on any atom is 0.316 e. The van der Waals surface area contributed by atoms with Crippen molar-refractivity contribution >= 4 is 5.91 Å². The van der Waals surface area contributed by atoms with Gasteiger partial charge in [0.05, 0.1) is 0 Å². The zero-order valence-electron chi connectivity index (χ0n) is 20.0. The molecule has 6 rings (SSSR count). The lowest BCUT2D eigenvalue weighted by molar-refractivity contribution is 0.0675. The Morgan fingerprint density at radius 1 is 0.914 bits per heavy atom. The number of benzene rings is 2. The minimum absolute atomic E-state index is 0.0510. The molecule has 0 radical (unpaired) electrons. The fraction of sp³-hybridized carbons (Fsp3) is 0.414. The van der Waals surface area contributed by atoms with E-state index in [1.165, 1.54) is 18.4 Å². The number of ether oxygens (including phenoxy) is 1. The molecule has 3 aliphatic rings. The summed E-state index contributed by atoms with van der Waals surface area (Å²) in [5.41, 5.74) is 2.15. The SMILES string of the molecule is O=C1c2c(OCc3ccccc3)c(=O)nc(CC3(c4ccccc4)CCCC3)n2CCN1C1CC1. The van der Waals surface area contributed by atoms with Gasteiger partial charge in [0, 0.05) is 31.0 Å². The standard InChI is InChI=1S/C29H31N3O3/c33-27-26(35-20-21-9-3-1-4-10-21)25-28(34)31(23-13-14-23)17-18-32(25)24(30-27)19-29(15-7-8-16-29)22-11-5-2-6-12-22/h1-6,9-12,23H,7-8,13-20H2. The van der Waals surface area contributed by atoms with Gasteiger partial charge in [-0.05, 0) is 36.8 Å². The Kier molecular flexibility index (Phi) is 5.67. The van der Waals surface area contributed by atoms with Crippen molar-refractivity contribution in [3.63, 3.8) is 0 Å². The quantitative estimate of drug-likeness (QED) is 0.511. The highest BCUT2D eigenvalue weighted by molar-refractivity contribution is 5.96. The van der Waals surface area contributed by atoms with E-state index >= 15 is 0 Å². The molecule has 1 aromatic heterocycles. The van der Waals surface area contributed by atoms with Crippen molar-refractivity contribution in [2.45, 2.75) is 69.6 Å². The van der Waals surface area contributed by atoms with Crippen LogP contribution in [0.5, 0.6) is 5.75 Å². The van der Waals surface area contributed by atoms with Crippen LogP contribution in [0.15, 0.2) is 65.5 Å². The molecule has 2 aliphatic carbocycles. The van der Waals surface area contributed by atoms with Crippen molar-refractivity contribution in [3.8, 4) is 5.75 Å². The predicted molar refractivity (Wildman–Crippen MR) is 134 cm³/mol. The van der Waals surface area contributed by atoms with E-state index < -0.39 is 5.56 Å². The van der Waals surface area contributed by atoms with Crippen LogP contribution in [0.2, 0.25) is 0 Å². The van der Waals surface area contributed by atoms with Crippen molar-refractivity contribution in [1.82, 2.24) is 14.5 Å². The highest BCUT2D eigenvalue weighted by Gasteiger charge is 2.42. The normalized spacial score (nSPS) is 19.0. The van der Waals surface area contributed by atoms with Crippen LogP contribution in [0.3, 0.4) is 0 Å². The van der Waals surface area contributed by atoms with Crippen LogP contribution in [0.4, 0.5) is 0 Å². The van der Waals surface area contributed by atoms with Crippen LogP contribution in [0.25, 0.3) is 0 Å². The first-order valence-corrected chi connectivity index (χ1v) is 12.8. The van der Waals surface area contributed by atoms with Crippen molar-refractivity contribution in [1.29, 1.82) is 0 Å². The average molecular weight is 470 g/mol. The molecule has 2 fully saturated rings. The van der Waals surface area contributed by atoms with E-state index in [4.69, 9.17) is 4.74 Å². The zero-order valence-corrected chi connectivity index (χ0v) is 20.0. The van der Waals surface area contributed by atoms with Crippen LogP contribution in [0.1, 0.15) is 66.0 Å². The Morgan fingerprint density at radius 2 is 1.60 bits per heavy atom. The van der Waals surface area contributed by atoms with E-state index in [2.05, 4.69) is 29.2 Å². The van der Waals surface area contributed by atoms with Gasteiger partial charge >= 0.3 is 5.56 Å². The van der Waals surface area contributed by atoms with Gasteiger partial charge in [-0.25, -0.2) is 0 Å². The first-order chi connectivity index (χ1) is 17.1. The van der Waals surface area contributed by atoms with Crippen molar-refractivity contribution < 1.29 is 9.53 Å². The van der Waals surface area contributed by atoms with Gasteiger partial charge in [0.1, 0.15) is 12.4 Å². The number of rotatable bonds is 7. The van der Waals surface area contributed by atoms with Crippen molar-refractivity contribution in [2.24, 2.45) is 0 Å². The van der Waals surface area contributed by atoms with E-state index in [9.17, 15) is 9.59 Å². The molecule has 0 spiro atoms. The van der Waals surface area contributed by atoms with Crippen LogP contribution >= 0.6 is 0 Å². The molecule has 3 aromatic rings. The van der Waals surface area contributed by atoms with Gasteiger partial charge in [0.2, 0.25) is 5.75 Å². The molecule has 1 aliphatic heterocycles. The van der Waals surface area contributed by atoms with Gasteiger partial charge in [-0.2, -0.15) is 4.98 Å². The first-order valence-electron chi connectivity index (χ1n) is 12.8. The van der Waals surface area contributed by atoms with E-state index in [0.29, 0.717) is 31.0 Å². The molecular weight excluding hydrogens is 438 g/mol. The third-order valence-corrected chi connectivity index (χ3v) is 7.91. The molecule has 2 saturated carbocycles. The molecule has 0 bridgehead atoms. The van der Waals surface area contributed by atoms with Crippen LogP contribution in [0, 0.1) is 0 Å². The van der Waals surface area contributed by atoms with Crippen molar-refractivity contribution in [2.75, 3.05) is 6.54 Å². The monoisotopic (exact) mass is 469 g/mol. The molecule has 0 saturated heterocycles. The van der Waals surface area contributed by atoms with Gasteiger partial charge in [-0.1, -0.05) is 73.5 Å². The summed E-state index contributed by atoms with van der Waals surface area (Å²) in [7, 11) is 0. The van der Waals surface area contributed by atoms with E-state index in [-0.39, 0.29) is 29.7 Å². The average Bonchev–Trinajstić information content (AvgIpc) is 3.62. The Morgan fingerprint density at radius 3 is 2.29 bits per heavy atom. The third kappa shape index (κ3) is 4.15. The van der Waals surface area contributed by atoms with Gasteiger partial charge in [-0.3, -0.25) is 9.59 Å². The third-order valence-electron chi connectivity index (χ3n) is 7.91. The van der Waals surface area contributed by atoms with Crippen LogP contribution < -0.4 is 10.3 Å². The maximum atomic E-state index is 13.7. The lowest BCUT2D eigenvalue weighted by Crippen LogP contribution is -2.45. The Labute approximate surface area is 205 Å². The number of fused-ring (bicyclic) bond motifs is 1. The fourth-order valence-electron chi connectivity index (χ4n) is 5.92. The van der Waals surface area contributed by atoms with Crippen LogP contribution in [-0.4, -0.2) is 32.9 Å². The second kappa shape index (κ2) is 8.99. The number of amides is 1. The summed E-state index contributed by atoms with van der Waals surface area (Å²) in [6.45, 7) is 1.53. The highest BCUT2D eigenvalue weighted by Crippen LogP contribution is 2.44. The largest absolute Gasteiger partial charge is 0.481 e. The number of carbonyl (C=O) groups excluding carboxylic acids is 1. The lowest BCUT2D eigenvalue weighted by atomic mass is 9.76. The molecule has 0 atom stereocenters. The molecule has 180 valence electrons. The molecule has 6 nitrogen and oxygen atoms in total. The Hall–Kier alpha value is -3.41. The summed E-state index contributed by atoms with van der Waals surface area (Å²) in [6, 6.07) is 20.6. The Balaban J connectivity index is 1.41. The Bertz CT molecular complexity index is 1280. The summed E-state index contributed by atoms with van der Waals surface area (Å²) in [5, 5.41) is 0. The lowest BCUT2D eigenvalue weighted by Gasteiger charge is -2.35. The summed E-state index contributed by atoms with van der Waals surface area (Å²) in [4.78, 5) is 33.5. The molecule has 0 N–H and O–H groups in total. The number of hydrogen-bond acceptors (Lipinski definition) is 4. The number of aromatic nitrogens is 2. The topological polar surface area (TPSA) is 64.4 Å². The van der Waals surface area contributed by atoms with Crippen LogP contribution in [-0.2, 0) is 25.0 Å². The second-order valence-electron chi connectivity index (χ2n) is 10.2. The zero-order chi connectivity index (χ0) is 23.8. The van der Waals surface area contributed by atoms with E-state index in [1.54, 1.807) is 0 Å². The second-order valence-corrected chi connectivity index (χ2v) is 10.2. The van der Waals surface area contributed by atoms with Crippen molar-refractivity contribution in [3.05, 3.63) is 93.7 Å². The smallest absolute Gasteiger partial charge is 0.316 e. The first kappa shape index (κ1) is 22.1. The summed E-state index contributed by atoms with van der Waals surface area (Å²) in [6.07, 6.45) is 7.19. The van der Waals surface area contributed by atoms with Gasteiger partial charge in [0.25, 0.3) is 5.91 Å². The maximum absolute atomic E-state index is 13.7. The number of carbonyl (C=O) groups is 1. The van der Waals surface area contributed by atoms with Gasteiger partial charge in [0.15, 0.2) is 5.69 Å². The molecular formula is C29H31N3O3. The molecule has 2 heterocycles. The molecule has 6 heteroatoms. The number of nitrogens with zero attached hydrogens (tertiary/aromatic N) is 3.